The molecule has 3 rings (SSSR count). The topological polar surface area (TPSA) is 70.5 Å². The molecule has 1 amide bonds. The van der Waals surface area contributed by atoms with Crippen LogP contribution in [0.4, 0.5) is 0 Å². The zero-order chi connectivity index (χ0) is 16.3. The predicted octanol–water partition coefficient (Wildman–Crippen LogP) is 3.36. The average molecular weight is 316 g/mol. The molecule has 5 heteroatoms. The van der Waals surface area contributed by atoms with E-state index < -0.39 is 5.97 Å². The first-order chi connectivity index (χ1) is 11.1. The summed E-state index contributed by atoms with van der Waals surface area (Å²) >= 11 is 0. The molecule has 1 saturated heterocycles. The molecular weight excluding hydrogens is 292 g/mol. The Morgan fingerprint density at radius 2 is 1.78 bits per heavy atom. The highest BCUT2D eigenvalue weighted by atomic mass is 16.4. The number of aromatic nitrogens is 1. The second kappa shape index (κ2) is 6.69. The average Bonchev–Trinajstić information content (AvgIpc) is 2.78. The van der Waals surface area contributed by atoms with Crippen LogP contribution in [0.1, 0.15) is 72.2 Å². The number of hydrogen-bond acceptors (Lipinski definition) is 3. The Bertz CT molecular complexity index is 594. The Balaban J connectivity index is 1.70. The number of nitrogens with zero attached hydrogens (tertiary/aromatic N) is 2. The molecule has 0 aromatic carbocycles. The van der Waals surface area contributed by atoms with Crippen LogP contribution in [0.15, 0.2) is 18.3 Å². The number of carbonyl (C=O) groups excluding carboxylic acids is 1. The summed E-state index contributed by atoms with van der Waals surface area (Å²) in [5, 5.41) is 9.02. The molecule has 5 nitrogen and oxygen atoms in total. The maximum absolute atomic E-state index is 12.7. The van der Waals surface area contributed by atoms with Gasteiger partial charge in [0, 0.05) is 24.8 Å². The molecule has 1 aromatic heterocycles. The van der Waals surface area contributed by atoms with Crippen LogP contribution < -0.4 is 0 Å². The largest absolute Gasteiger partial charge is 0.477 e. The summed E-state index contributed by atoms with van der Waals surface area (Å²) in [6, 6.07) is 2.99. The monoisotopic (exact) mass is 316 g/mol. The highest BCUT2D eigenvalue weighted by Crippen LogP contribution is 2.44. The number of aromatic carboxylic acids is 1. The summed E-state index contributed by atoms with van der Waals surface area (Å²) in [6.07, 6.45) is 11.3. The van der Waals surface area contributed by atoms with Gasteiger partial charge in [0.15, 0.2) is 0 Å². The number of carbonyl (C=O) groups is 2. The third-order valence-electron chi connectivity index (χ3n) is 5.47. The van der Waals surface area contributed by atoms with Crippen LogP contribution in [-0.2, 0) is 0 Å². The first-order valence-corrected chi connectivity index (χ1v) is 8.58. The third-order valence-corrected chi connectivity index (χ3v) is 5.47. The van der Waals surface area contributed by atoms with Crippen molar-refractivity contribution in [1.82, 2.24) is 9.88 Å². The van der Waals surface area contributed by atoms with E-state index in [0.717, 1.165) is 25.9 Å². The van der Waals surface area contributed by atoms with Gasteiger partial charge in [-0.05, 0) is 49.7 Å². The van der Waals surface area contributed by atoms with E-state index in [9.17, 15) is 9.59 Å². The van der Waals surface area contributed by atoms with Gasteiger partial charge in [0.1, 0.15) is 5.69 Å². The van der Waals surface area contributed by atoms with Gasteiger partial charge in [0.2, 0.25) is 0 Å². The van der Waals surface area contributed by atoms with Crippen molar-refractivity contribution in [3.63, 3.8) is 0 Å². The third kappa shape index (κ3) is 3.54. The number of rotatable bonds is 2. The first kappa shape index (κ1) is 16.0. The summed E-state index contributed by atoms with van der Waals surface area (Å²) in [4.78, 5) is 29.4. The number of carboxylic acid groups (broad SMARTS) is 1. The molecular formula is C18H24N2O3. The van der Waals surface area contributed by atoms with Gasteiger partial charge < -0.3 is 10.0 Å². The Morgan fingerprint density at radius 3 is 2.52 bits per heavy atom. The van der Waals surface area contributed by atoms with E-state index in [0.29, 0.717) is 11.0 Å². The molecule has 2 aliphatic rings. The Hall–Kier alpha value is -1.91. The second-order valence-electron chi connectivity index (χ2n) is 6.94. The molecule has 1 aliphatic heterocycles. The fraction of sp³-hybridized carbons (Fsp3) is 0.611. The molecule has 23 heavy (non-hydrogen) atoms. The summed E-state index contributed by atoms with van der Waals surface area (Å²) in [5.74, 6) is -1.17. The van der Waals surface area contributed by atoms with E-state index in [1.807, 2.05) is 4.90 Å². The fourth-order valence-electron chi connectivity index (χ4n) is 4.12. The van der Waals surface area contributed by atoms with Gasteiger partial charge in [-0.3, -0.25) is 4.79 Å². The Morgan fingerprint density at radius 1 is 1.04 bits per heavy atom. The van der Waals surface area contributed by atoms with Crippen LogP contribution in [0.3, 0.4) is 0 Å². The van der Waals surface area contributed by atoms with Crippen molar-refractivity contribution in [2.24, 2.45) is 5.41 Å². The number of amides is 1. The molecule has 0 bridgehead atoms. The van der Waals surface area contributed by atoms with Crippen LogP contribution in [0, 0.1) is 5.41 Å². The Labute approximate surface area is 136 Å². The van der Waals surface area contributed by atoms with Gasteiger partial charge in [-0.15, -0.1) is 0 Å². The van der Waals surface area contributed by atoms with Crippen molar-refractivity contribution in [3.8, 4) is 0 Å². The molecule has 124 valence electrons. The predicted molar refractivity (Wildman–Crippen MR) is 86.5 cm³/mol. The van der Waals surface area contributed by atoms with Crippen LogP contribution in [0.25, 0.3) is 0 Å². The lowest BCUT2D eigenvalue weighted by molar-refractivity contribution is 0.0690. The van der Waals surface area contributed by atoms with Gasteiger partial charge in [-0.2, -0.15) is 0 Å². The molecule has 0 radical (unpaired) electrons. The summed E-state index contributed by atoms with van der Waals surface area (Å²) in [7, 11) is 0. The van der Waals surface area contributed by atoms with E-state index in [1.54, 1.807) is 6.07 Å². The molecule has 0 atom stereocenters. The van der Waals surface area contributed by atoms with Crippen LogP contribution in [0.5, 0.6) is 0 Å². The van der Waals surface area contributed by atoms with E-state index in [-0.39, 0.29) is 11.6 Å². The Kier molecular flexibility index (Phi) is 4.64. The van der Waals surface area contributed by atoms with Gasteiger partial charge in [-0.25, -0.2) is 9.78 Å². The highest BCUT2D eigenvalue weighted by Gasteiger charge is 2.34. The van der Waals surface area contributed by atoms with Crippen molar-refractivity contribution in [2.75, 3.05) is 13.1 Å². The molecule has 1 saturated carbocycles. The highest BCUT2D eigenvalue weighted by molar-refractivity contribution is 5.96. The minimum Gasteiger partial charge on any atom is -0.477 e. The van der Waals surface area contributed by atoms with Crippen molar-refractivity contribution in [2.45, 2.75) is 51.4 Å². The van der Waals surface area contributed by atoms with E-state index in [1.165, 1.54) is 50.8 Å². The zero-order valence-electron chi connectivity index (χ0n) is 13.5. The minimum absolute atomic E-state index is 0.0669. The fourth-order valence-corrected chi connectivity index (χ4v) is 4.12. The standard InChI is InChI=1S/C18H24N2O3/c21-16(14-5-10-19-15(13-14)17(22)23)20-11-4-8-18(9-12-20)6-2-1-3-7-18/h5,10,13H,1-4,6-9,11-12H2,(H,22,23). The summed E-state index contributed by atoms with van der Waals surface area (Å²) in [6.45, 7) is 1.55. The lowest BCUT2D eigenvalue weighted by Gasteiger charge is -2.36. The smallest absolute Gasteiger partial charge is 0.354 e. The first-order valence-electron chi connectivity index (χ1n) is 8.58. The number of hydrogen-bond donors (Lipinski definition) is 1. The second-order valence-corrected chi connectivity index (χ2v) is 6.94. The van der Waals surface area contributed by atoms with Gasteiger partial charge in [0.25, 0.3) is 5.91 Å². The van der Waals surface area contributed by atoms with Crippen LogP contribution in [-0.4, -0.2) is 40.0 Å². The zero-order valence-corrected chi connectivity index (χ0v) is 13.5. The molecule has 2 fully saturated rings. The van der Waals surface area contributed by atoms with Crippen molar-refractivity contribution in [1.29, 1.82) is 0 Å². The lowest BCUT2D eigenvalue weighted by atomic mass is 9.69. The van der Waals surface area contributed by atoms with E-state index >= 15 is 0 Å². The van der Waals surface area contributed by atoms with Crippen LogP contribution in [0.2, 0.25) is 0 Å². The van der Waals surface area contributed by atoms with Gasteiger partial charge >= 0.3 is 5.97 Å². The van der Waals surface area contributed by atoms with Gasteiger partial charge in [-0.1, -0.05) is 19.3 Å². The van der Waals surface area contributed by atoms with Crippen LogP contribution >= 0.6 is 0 Å². The van der Waals surface area contributed by atoms with Crippen molar-refractivity contribution in [3.05, 3.63) is 29.6 Å². The summed E-state index contributed by atoms with van der Waals surface area (Å²) < 4.78 is 0. The minimum atomic E-state index is -1.10. The van der Waals surface area contributed by atoms with Crippen molar-refractivity contribution < 1.29 is 14.7 Å². The lowest BCUT2D eigenvalue weighted by Crippen LogP contribution is -2.33. The summed E-state index contributed by atoms with van der Waals surface area (Å²) in [5.41, 5.74) is 0.795. The number of carboxylic acids is 1. The number of likely N-dealkylation sites (tertiary alicyclic amines) is 1. The maximum Gasteiger partial charge on any atom is 0.354 e. The molecule has 1 aromatic rings. The molecule has 2 heterocycles. The molecule has 0 unspecified atom stereocenters. The SMILES string of the molecule is O=C(O)c1cc(C(=O)N2CCCC3(CCCCC3)CC2)ccn1. The van der Waals surface area contributed by atoms with E-state index in [4.69, 9.17) is 5.11 Å². The normalized spacial score (nSPS) is 21.0. The van der Waals surface area contributed by atoms with E-state index in [2.05, 4.69) is 4.98 Å². The quantitative estimate of drug-likeness (QED) is 0.908. The molecule has 1 aliphatic carbocycles. The van der Waals surface area contributed by atoms with Crippen molar-refractivity contribution >= 4 is 11.9 Å². The molecule has 1 N–H and O–H groups in total. The number of pyridine rings is 1. The molecule has 1 spiro atoms. The van der Waals surface area contributed by atoms with Gasteiger partial charge in [0.05, 0.1) is 0 Å². The maximum atomic E-state index is 12.7.